The normalized spacial score (nSPS) is 20.0. The van der Waals surface area contributed by atoms with Crippen molar-refractivity contribution in [3.05, 3.63) is 53.6 Å². The first-order chi connectivity index (χ1) is 15.5. The third-order valence-corrected chi connectivity index (χ3v) is 6.15. The zero-order valence-electron chi connectivity index (χ0n) is 18.4. The predicted molar refractivity (Wildman–Crippen MR) is 120 cm³/mol. The van der Waals surface area contributed by atoms with Crippen molar-refractivity contribution in [1.29, 1.82) is 0 Å². The summed E-state index contributed by atoms with van der Waals surface area (Å²) in [7, 11) is 1.52. The van der Waals surface area contributed by atoms with Gasteiger partial charge in [0, 0.05) is 55.2 Å². The van der Waals surface area contributed by atoms with Crippen LogP contribution in [0.5, 0.6) is 17.2 Å². The quantitative estimate of drug-likeness (QED) is 0.673. The fraction of sp³-hybridized carbons (Fsp3) is 0.417. The number of para-hydroxylation sites is 2. The van der Waals surface area contributed by atoms with Gasteiger partial charge in [-0.3, -0.25) is 10.3 Å². The molecule has 8 nitrogen and oxygen atoms in total. The molecule has 0 radical (unpaired) electrons. The van der Waals surface area contributed by atoms with Crippen LogP contribution in [-0.4, -0.2) is 59.4 Å². The Kier molecular flexibility index (Phi) is 6.23. The van der Waals surface area contributed by atoms with Crippen molar-refractivity contribution in [2.75, 3.05) is 26.8 Å². The molecule has 0 saturated carbocycles. The molecule has 0 bridgehead atoms. The van der Waals surface area contributed by atoms with E-state index in [-0.39, 0.29) is 23.6 Å². The molecule has 2 aromatic rings. The molecule has 1 atom stereocenters. The summed E-state index contributed by atoms with van der Waals surface area (Å²) in [5.74, 6) is 0.660. The number of aliphatic imine (C=N–C) groups is 1. The Balaban J connectivity index is 1.69. The van der Waals surface area contributed by atoms with E-state index in [2.05, 4.69) is 5.32 Å². The summed E-state index contributed by atoms with van der Waals surface area (Å²) >= 11 is 0. The number of piperidine rings is 1. The Labute approximate surface area is 187 Å². The van der Waals surface area contributed by atoms with Crippen LogP contribution in [0.1, 0.15) is 43.4 Å². The topological polar surface area (TPSA) is 104 Å². The molecule has 1 fully saturated rings. The summed E-state index contributed by atoms with van der Waals surface area (Å²) in [4.78, 5) is 18.9. The minimum Gasteiger partial charge on any atom is -0.507 e. The Bertz CT molecular complexity index is 1010. The van der Waals surface area contributed by atoms with Crippen molar-refractivity contribution in [2.24, 2.45) is 4.99 Å². The number of carbonyl (C=O) groups is 1. The lowest BCUT2D eigenvalue weighted by atomic mass is 9.87. The first kappa shape index (κ1) is 22.0. The minimum atomic E-state index is -0.626. The average Bonchev–Trinajstić information content (AvgIpc) is 2.80. The molecular formula is C24H29N3O5. The molecule has 1 spiro atoms. The number of phenolic OH excluding ortho intramolecular Hbond substituents is 2. The molecule has 0 aliphatic carbocycles. The number of amides is 1. The van der Waals surface area contributed by atoms with Crippen molar-refractivity contribution in [2.45, 2.75) is 37.9 Å². The Morgan fingerprint density at radius 1 is 1.19 bits per heavy atom. The van der Waals surface area contributed by atoms with E-state index in [0.29, 0.717) is 55.8 Å². The fourth-order valence-corrected chi connectivity index (χ4v) is 4.50. The fourth-order valence-electron chi connectivity index (χ4n) is 4.50. The molecule has 8 heteroatoms. The van der Waals surface area contributed by atoms with Crippen molar-refractivity contribution >= 4 is 11.8 Å². The second-order valence-electron chi connectivity index (χ2n) is 8.09. The Hall–Kier alpha value is -3.26. The van der Waals surface area contributed by atoms with Crippen LogP contribution in [0.2, 0.25) is 0 Å². The number of nitrogens with one attached hydrogen (secondary N) is 1. The van der Waals surface area contributed by atoms with E-state index in [0.717, 1.165) is 5.71 Å². The maximum absolute atomic E-state index is 12.2. The highest BCUT2D eigenvalue weighted by Crippen LogP contribution is 2.41. The summed E-state index contributed by atoms with van der Waals surface area (Å²) in [6.07, 6.45) is 1.35. The summed E-state index contributed by atoms with van der Waals surface area (Å²) in [6, 6.07) is 12.3. The van der Waals surface area contributed by atoms with Crippen LogP contribution in [0.25, 0.3) is 0 Å². The van der Waals surface area contributed by atoms with Gasteiger partial charge in [-0.25, -0.2) is 4.79 Å². The van der Waals surface area contributed by atoms with Gasteiger partial charge in [-0.2, -0.15) is 0 Å². The largest absolute Gasteiger partial charge is 0.507 e. The van der Waals surface area contributed by atoms with Crippen LogP contribution < -0.4 is 10.1 Å². The smallest absolute Gasteiger partial charge is 0.409 e. The molecule has 1 amide bonds. The van der Waals surface area contributed by atoms with Crippen molar-refractivity contribution in [3.8, 4) is 17.2 Å². The number of nitrogens with zero attached hydrogens (tertiary/aromatic N) is 2. The van der Waals surface area contributed by atoms with Gasteiger partial charge in [-0.1, -0.05) is 24.3 Å². The lowest BCUT2D eigenvalue weighted by Crippen LogP contribution is -2.56. The highest BCUT2D eigenvalue weighted by atomic mass is 16.6. The second-order valence-corrected chi connectivity index (χ2v) is 8.09. The van der Waals surface area contributed by atoms with Gasteiger partial charge < -0.3 is 24.6 Å². The molecule has 2 aliphatic heterocycles. The highest BCUT2D eigenvalue weighted by molar-refractivity contribution is 6.03. The van der Waals surface area contributed by atoms with Crippen LogP contribution in [0.4, 0.5) is 4.79 Å². The van der Waals surface area contributed by atoms with Crippen LogP contribution in [-0.2, 0) is 4.74 Å². The van der Waals surface area contributed by atoms with Gasteiger partial charge in [0.25, 0.3) is 0 Å². The first-order valence-electron chi connectivity index (χ1n) is 10.9. The molecule has 2 aliphatic rings. The highest BCUT2D eigenvalue weighted by Gasteiger charge is 2.42. The van der Waals surface area contributed by atoms with Crippen LogP contribution in [0.3, 0.4) is 0 Å². The van der Waals surface area contributed by atoms with Gasteiger partial charge in [-0.05, 0) is 25.1 Å². The van der Waals surface area contributed by atoms with E-state index < -0.39 is 5.66 Å². The molecule has 3 N–H and O–H groups in total. The molecule has 1 saturated heterocycles. The molecule has 170 valence electrons. The molecular weight excluding hydrogens is 410 g/mol. The third kappa shape index (κ3) is 4.23. The Morgan fingerprint density at radius 3 is 2.62 bits per heavy atom. The number of phenols is 2. The number of aromatic hydroxyl groups is 2. The molecule has 32 heavy (non-hydrogen) atoms. The maximum atomic E-state index is 12.2. The van der Waals surface area contributed by atoms with E-state index >= 15 is 0 Å². The minimum absolute atomic E-state index is 0.0881. The zero-order valence-corrected chi connectivity index (χ0v) is 18.4. The van der Waals surface area contributed by atoms with E-state index in [1.54, 1.807) is 30.0 Å². The third-order valence-electron chi connectivity index (χ3n) is 6.15. The number of carbonyl (C=O) groups excluding carboxylic acids is 1. The first-order valence-corrected chi connectivity index (χ1v) is 10.9. The van der Waals surface area contributed by atoms with Crippen LogP contribution >= 0.6 is 0 Å². The van der Waals surface area contributed by atoms with Gasteiger partial charge in [0.15, 0.2) is 11.5 Å². The van der Waals surface area contributed by atoms with Gasteiger partial charge >= 0.3 is 6.09 Å². The van der Waals surface area contributed by atoms with Gasteiger partial charge in [0.2, 0.25) is 0 Å². The van der Waals surface area contributed by atoms with Crippen molar-refractivity contribution < 1.29 is 24.5 Å². The number of hydrogen-bond donors (Lipinski definition) is 3. The van der Waals surface area contributed by atoms with Crippen LogP contribution in [0, 0.1) is 0 Å². The summed E-state index contributed by atoms with van der Waals surface area (Å²) < 4.78 is 10.4. The van der Waals surface area contributed by atoms with E-state index in [4.69, 9.17) is 14.5 Å². The van der Waals surface area contributed by atoms with Gasteiger partial charge in [-0.15, -0.1) is 0 Å². The van der Waals surface area contributed by atoms with Gasteiger partial charge in [0.1, 0.15) is 11.4 Å². The molecule has 4 rings (SSSR count). The van der Waals surface area contributed by atoms with Crippen LogP contribution in [0.15, 0.2) is 47.5 Å². The number of likely N-dealkylation sites (tertiary alicyclic amines) is 1. The molecule has 0 unspecified atom stereocenters. The van der Waals surface area contributed by atoms with Crippen molar-refractivity contribution in [3.63, 3.8) is 0 Å². The number of benzene rings is 2. The SMILES string of the molecule is CCOC(=O)N1CCC2(CC1)N=C(c1ccccc1O)C[C@@H](c1cccc(OC)c1O)N2. The number of ether oxygens (including phenoxy) is 2. The molecule has 2 aromatic carbocycles. The second kappa shape index (κ2) is 9.08. The average molecular weight is 440 g/mol. The number of methoxy groups -OCH3 is 1. The summed E-state index contributed by atoms with van der Waals surface area (Å²) in [5.41, 5.74) is 1.52. The molecule has 0 aromatic heterocycles. The van der Waals surface area contributed by atoms with E-state index in [1.165, 1.54) is 7.11 Å². The summed E-state index contributed by atoms with van der Waals surface area (Å²) in [6.45, 7) is 3.13. The number of rotatable bonds is 4. The standard InChI is InChI=1S/C24H29N3O5/c1-3-32-23(30)27-13-11-24(12-14-27)25-18(16-7-4-5-9-20(16)28)15-19(26-24)17-8-6-10-21(31-2)22(17)29/h4-10,19,26,28-29H,3,11-15H2,1-2H3/t19-/m0/s1. The van der Waals surface area contributed by atoms with Crippen molar-refractivity contribution in [1.82, 2.24) is 10.2 Å². The maximum Gasteiger partial charge on any atom is 0.409 e. The summed E-state index contributed by atoms with van der Waals surface area (Å²) in [5, 5.41) is 24.9. The molecule has 2 heterocycles. The monoisotopic (exact) mass is 439 g/mol. The number of hydrogen-bond acceptors (Lipinski definition) is 7. The van der Waals surface area contributed by atoms with E-state index in [1.807, 2.05) is 24.3 Å². The zero-order chi connectivity index (χ0) is 22.7. The Morgan fingerprint density at radius 2 is 1.94 bits per heavy atom. The lowest BCUT2D eigenvalue weighted by molar-refractivity contribution is 0.0778. The predicted octanol–water partition coefficient (Wildman–Crippen LogP) is 3.58. The van der Waals surface area contributed by atoms with E-state index in [9.17, 15) is 15.0 Å². The van der Waals surface area contributed by atoms with Gasteiger partial charge in [0.05, 0.1) is 13.7 Å². The lowest BCUT2D eigenvalue weighted by Gasteiger charge is -2.45.